The Balaban J connectivity index is 2.61. The van der Waals surface area contributed by atoms with Gasteiger partial charge in [0.25, 0.3) is 0 Å². The second kappa shape index (κ2) is 5.11. The summed E-state index contributed by atoms with van der Waals surface area (Å²) in [6, 6.07) is 2.12. The monoisotopic (exact) mass is 221 g/mol. The van der Waals surface area contributed by atoms with Crippen LogP contribution in [0.15, 0.2) is 4.52 Å². The van der Waals surface area contributed by atoms with Crippen molar-refractivity contribution in [1.82, 2.24) is 10.1 Å². The molecular weight excluding hydrogens is 202 g/mol. The quantitative estimate of drug-likeness (QED) is 0.783. The first-order chi connectivity index (χ1) is 7.42. The van der Waals surface area contributed by atoms with Crippen molar-refractivity contribution in [2.24, 2.45) is 5.41 Å². The van der Waals surface area contributed by atoms with Crippen molar-refractivity contribution in [2.45, 2.75) is 52.9 Å². The molecule has 0 radical (unpaired) electrons. The second-order valence-corrected chi connectivity index (χ2v) is 5.38. The highest BCUT2D eigenvalue weighted by Crippen LogP contribution is 2.22. The maximum absolute atomic E-state index is 8.50. The SMILES string of the molecule is CC(CCC#N)c1nc(CC(C)(C)C)no1. The number of aromatic nitrogens is 2. The highest BCUT2D eigenvalue weighted by atomic mass is 16.5. The zero-order valence-corrected chi connectivity index (χ0v) is 10.4. The summed E-state index contributed by atoms with van der Waals surface area (Å²) in [5, 5.41) is 12.5. The van der Waals surface area contributed by atoms with E-state index in [0.29, 0.717) is 12.3 Å². The van der Waals surface area contributed by atoms with Crippen LogP contribution in [0, 0.1) is 16.7 Å². The average molecular weight is 221 g/mol. The van der Waals surface area contributed by atoms with Crippen molar-refractivity contribution in [1.29, 1.82) is 5.26 Å². The van der Waals surface area contributed by atoms with Crippen molar-refractivity contribution in [3.8, 4) is 6.07 Å². The van der Waals surface area contributed by atoms with Crippen molar-refractivity contribution in [3.63, 3.8) is 0 Å². The van der Waals surface area contributed by atoms with E-state index in [1.165, 1.54) is 0 Å². The molecule has 88 valence electrons. The first kappa shape index (κ1) is 12.7. The van der Waals surface area contributed by atoms with Gasteiger partial charge in [0.05, 0.1) is 6.07 Å². The van der Waals surface area contributed by atoms with Crippen LogP contribution in [-0.4, -0.2) is 10.1 Å². The lowest BCUT2D eigenvalue weighted by atomic mass is 9.92. The molecule has 1 rings (SSSR count). The number of hydrogen-bond acceptors (Lipinski definition) is 4. The lowest BCUT2D eigenvalue weighted by Gasteiger charge is -2.14. The standard InChI is InChI=1S/C12H19N3O/c1-9(6-5-7-13)11-14-10(15-16-11)8-12(2,3)4/h9H,5-6,8H2,1-4H3. The first-order valence-electron chi connectivity index (χ1n) is 5.62. The van der Waals surface area contributed by atoms with E-state index in [0.717, 1.165) is 18.7 Å². The molecular formula is C12H19N3O. The van der Waals surface area contributed by atoms with Gasteiger partial charge in [-0.1, -0.05) is 32.9 Å². The number of nitrogens with zero attached hydrogens (tertiary/aromatic N) is 3. The van der Waals surface area contributed by atoms with Crippen LogP contribution in [0.25, 0.3) is 0 Å². The minimum absolute atomic E-state index is 0.164. The summed E-state index contributed by atoms with van der Waals surface area (Å²) in [5.41, 5.74) is 0.164. The fourth-order valence-electron chi connectivity index (χ4n) is 1.42. The maximum Gasteiger partial charge on any atom is 0.229 e. The fourth-order valence-corrected chi connectivity index (χ4v) is 1.42. The van der Waals surface area contributed by atoms with E-state index in [4.69, 9.17) is 9.78 Å². The molecule has 4 nitrogen and oxygen atoms in total. The zero-order valence-electron chi connectivity index (χ0n) is 10.4. The van der Waals surface area contributed by atoms with Gasteiger partial charge in [-0.3, -0.25) is 0 Å². The Labute approximate surface area is 96.7 Å². The second-order valence-electron chi connectivity index (χ2n) is 5.38. The zero-order chi connectivity index (χ0) is 12.2. The normalized spacial score (nSPS) is 13.4. The van der Waals surface area contributed by atoms with Crippen LogP contribution in [0.4, 0.5) is 0 Å². The third-order valence-corrected chi connectivity index (χ3v) is 2.28. The van der Waals surface area contributed by atoms with Gasteiger partial charge in [-0.15, -0.1) is 0 Å². The van der Waals surface area contributed by atoms with E-state index in [1.54, 1.807) is 0 Å². The van der Waals surface area contributed by atoms with Gasteiger partial charge in [-0.05, 0) is 11.8 Å². The molecule has 0 fully saturated rings. The van der Waals surface area contributed by atoms with Gasteiger partial charge in [0.15, 0.2) is 5.82 Å². The molecule has 4 heteroatoms. The van der Waals surface area contributed by atoms with Crippen LogP contribution in [0.2, 0.25) is 0 Å². The first-order valence-corrected chi connectivity index (χ1v) is 5.62. The Bertz CT molecular complexity index is 370. The maximum atomic E-state index is 8.50. The van der Waals surface area contributed by atoms with E-state index in [-0.39, 0.29) is 11.3 Å². The van der Waals surface area contributed by atoms with Gasteiger partial charge in [0.1, 0.15) is 0 Å². The van der Waals surface area contributed by atoms with E-state index in [2.05, 4.69) is 37.0 Å². The fraction of sp³-hybridized carbons (Fsp3) is 0.750. The number of hydrogen-bond donors (Lipinski definition) is 0. The van der Waals surface area contributed by atoms with Crippen LogP contribution in [0.3, 0.4) is 0 Å². The third kappa shape index (κ3) is 4.01. The molecule has 0 saturated heterocycles. The van der Waals surface area contributed by atoms with Crippen LogP contribution < -0.4 is 0 Å². The van der Waals surface area contributed by atoms with Crippen LogP contribution in [0.1, 0.15) is 58.2 Å². The number of rotatable bonds is 4. The molecule has 0 aromatic carbocycles. The molecule has 0 spiro atoms. The predicted molar refractivity (Wildman–Crippen MR) is 60.7 cm³/mol. The van der Waals surface area contributed by atoms with E-state index in [1.807, 2.05) is 6.92 Å². The Kier molecular flexibility index (Phi) is 4.05. The highest BCUT2D eigenvalue weighted by molar-refractivity contribution is 4.95. The molecule has 1 aromatic rings. The lowest BCUT2D eigenvalue weighted by molar-refractivity contribution is 0.340. The van der Waals surface area contributed by atoms with E-state index >= 15 is 0 Å². The van der Waals surface area contributed by atoms with Crippen molar-refractivity contribution >= 4 is 0 Å². The van der Waals surface area contributed by atoms with Crippen LogP contribution >= 0.6 is 0 Å². The Morgan fingerprint density at radius 1 is 1.44 bits per heavy atom. The topological polar surface area (TPSA) is 62.7 Å². The molecule has 1 unspecified atom stereocenters. The van der Waals surface area contributed by atoms with Crippen molar-refractivity contribution < 1.29 is 4.52 Å². The summed E-state index contributed by atoms with van der Waals surface area (Å²) in [4.78, 5) is 4.36. The molecule has 1 atom stereocenters. The Morgan fingerprint density at radius 3 is 2.69 bits per heavy atom. The summed E-state index contributed by atoms with van der Waals surface area (Å²) in [7, 11) is 0. The summed E-state index contributed by atoms with van der Waals surface area (Å²) < 4.78 is 5.20. The minimum atomic E-state index is 0.164. The smallest absolute Gasteiger partial charge is 0.229 e. The van der Waals surface area contributed by atoms with Gasteiger partial charge in [0.2, 0.25) is 5.89 Å². The molecule has 0 aliphatic carbocycles. The Morgan fingerprint density at radius 2 is 2.12 bits per heavy atom. The summed E-state index contributed by atoms with van der Waals surface area (Å²) in [5.74, 6) is 1.57. The summed E-state index contributed by atoms with van der Waals surface area (Å²) >= 11 is 0. The van der Waals surface area contributed by atoms with Crippen molar-refractivity contribution in [3.05, 3.63) is 11.7 Å². The van der Waals surface area contributed by atoms with Crippen molar-refractivity contribution in [2.75, 3.05) is 0 Å². The van der Waals surface area contributed by atoms with E-state index < -0.39 is 0 Å². The summed E-state index contributed by atoms with van der Waals surface area (Å²) in [6.45, 7) is 8.43. The molecule has 0 aliphatic rings. The van der Waals surface area contributed by atoms with Gasteiger partial charge >= 0.3 is 0 Å². The Hall–Kier alpha value is -1.37. The number of nitriles is 1. The molecule has 0 amide bonds. The van der Waals surface area contributed by atoms with Gasteiger partial charge < -0.3 is 4.52 Å². The van der Waals surface area contributed by atoms with E-state index in [9.17, 15) is 0 Å². The highest BCUT2D eigenvalue weighted by Gasteiger charge is 2.18. The lowest BCUT2D eigenvalue weighted by Crippen LogP contribution is -2.10. The molecule has 0 N–H and O–H groups in total. The average Bonchev–Trinajstić information content (AvgIpc) is 2.59. The van der Waals surface area contributed by atoms with Gasteiger partial charge in [0, 0.05) is 18.8 Å². The largest absolute Gasteiger partial charge is 0.339 e. The predicted octanol–water partition coefficient (Wildman–Crippen LogP) is 3.07. The van der Waals surface area contributed by atoms with Gasteiger partial charge in [-0.2, -0.15) is 10.2 Å². The molecule has 0 bridgehead atoms. The van der Waals surface area contributed by atoms with Crippen LogP contribution in [0.5, 0.6) is 0 Å². The minimum Gasteiger partial charge on any atom is -0.339 e. The molecule has 1 heterocycles. The molecule has 0 aliphatic heterocycles. The molecule has 16 heavy (non-hydrogen) atoms. The molecule has 0 saturated carbocycles. The third-order valence-electron chi connectivity index (χ3n) is 2.28. The molecule has 1 aromatic heterocycles. The van der Waals surface area contributed by atoms with Crippen LogP contribution in [-0.2, 0) is 6.42 Å². The summed E-state index contributed by atoms with van der Waals surface area (Å²) in [6.07, 6.45) is 2.10. The van der Waals surface area contributed by atoms with Gasteiger partial charge in [-0.25, -0.2) is 0 Å².